The van der Waals surface area contributed by atoms with Crippen LogP contribution in [0.5, 0.6) is 0 Å². The summed E-state index contributed by atoms with van der Waals surface area (Å²) >= 11 is 0. The standard InChI is InChI=1S/C31H60O4/c1-3-5-6-7-8-9-10-11-12-13-14-15-16-17-18-19-20-21-22-23-24-25-27-34-29-30(28-32)35-31(33)26-4-2/h13-14,30,32H,3-12,15-29H2,1-2H3/b14-13-. The molecule has 1 N–H and O–H groups in total. The van der Waals surface area contributed by atoms with Crippen LogP contribution in [0.25, 0.3) is 0 Å². The number of carbonyl (C=O) groups is 1. The fraction of sp³-hybridized carbons (Fsp3) is 0.903. The Kier molecular flexibility index (Phi) is 28.6. The molecule has 0 aromatic rings. The molecule has 35 heavy (non-hydrogen) atoms. The van der Waals surface area contributed by atoms with Crippen LogP contribution in [0.1, 0.15) is 155 Å². The van der Waals surface area contributed by atoms with Crippen LogP contribution in [0.3, 0.4) is 0 Å². The van der Waals surface area contributed by atoms with Gasteiger partial charge in [0, 0.05) is 13.0 Å². The predicted octanol–water partition coefficient (Wildman–Crippen LogP) is 9.09. The van der Waals surface area contributed by atoms with Gasteiger partial charge in [-0.25, -0.2) is 0 Å². The minimum atomic E-state index is -0.523. The molecule has 208 valence electrons. The summed E-state index contributed by atoms with van der Waals surface area (Å²) in [7, 11) is 0. The molecule has 0 saturated carbocycles. The van der Waals surface area contributed by atoms with Gasteiger partial charge in [0.1, 0.15) is 6.10 Å². The van der Waals surface area contributed by atoms with Gasteiger partial charge in [-0.2, -0.15) is 0 Å². The van der Waals surface area contributed by atoms with E-state index in [1.54, 1.807) is 0 Å². The lowest BCUT2D eigenvalue weighted by Crippen LogP contribution is -2.27. The summed E-state index contributed by atoms with van der Waals surface area (Å²) in [5.41, 5.74) is 0. The van der Waals surface area contributed by atoms with Gasteiger partial charge in [-0.3, -0.25) is 4.79 Å². The Morgan fingerprint density at radius 1 is 0.657 bits per heavy atom. The van der Waals surface area contributed by atoms with Crippen molar-refractivity contribution in [3.05, 3.63) is 12.2 Å². The van der Waals surface area contributed by atoms with Crippen LogP contribution in [0.15, 0.2) is 12.2 Å². The van der Waals surface area contributed by atoms with Gasteiger partial charge in [0.2, 0.25) is 0 Å². The fourth-order valence-electron chi connectivity index (χ4n) is 4.30. The normalized spacial score (nSPS) is 12.4. The van der Waals surface area contributed by atoms with Crippen molar-refractivity contribution in [1.82, 2.24) is 0 Å². The Morgan fingerprint density at radius 2 is 1.11 bits per heavy atom. The zero-order valence-corrected chi connectivity index (χ0v) is 23.6. The van der Waals surface area contributed by atoms with Crippen molar-refractivity contribution in [1.29, 1.82) is 0 Å². The Bertz CT molecular complexity index is 449. The van der Waals surface area contributed by atoms with E-state index >= 15 is 0 Å². The molecule has 0 aromatic carbocycles. The molecule has 1 unspecified atom stereocenters. The summed E-state index contributed by atoms with van der Waals surface area (Å²) < 4.78 is 10.7. The second kappa shape index (κ2) is 29.4. The zero-order valence-electron chi connectivity index (χ0n) is 23.6. The Morgan fingerprint density at radius 3 is 1.57 bits per heavy atom. The fourth-order valence-corrected chi connectivity index (χ4v) is 4.30. The van der Waals surface area contributed by atoms with E-state index in [1.807, 2.05) is 6.92 Å². The highest BCUT2D eigenvalue weighted by Crippen LogP contribution is 2.13. The van der Waals surface area contributed by atoms with Gasteiger partial charge in [-0.1, -0.05) is 122 Å². The number of aliphatic hydroxyl groups excluding tert-OH is 1. The molecule has 1 atom stereocenters. The predicted molar refractivity (Wildman–Crippen MR) is 150 cm³/mol. The number of unbranched alkanes of at least 4 members (excludes halogenated alkanes) is 18. The largest absolute Gasteiger partial charge is 0.457 e. The van der Waals surface area contributed by atoms with Crippen molar-refractivity contribution < 1.29 is 19.4 Å². The number of esters is 1. The van der Waals surface area contributed by atoms with Crippen LogP contribution >= 0.6 is 0 Å². The highest BCUT2D eigenvalue weighted by atomic mass is 16.6. The van der Waals surface area contributed by atoms with E-state index in [0.717, 1.165) is 12.8 Å². The lowest BCUT2D eigenvalue weighted by atomic mass is 10.1. The smallest absolute Gasteiger partial charge is 0.306 e. The van der Waals surface area contributed by atoms with Crippen LogP contribution in [0.2, 0.25) is 0 Å². The van der Waals surface area contributed by atoms with Gasteiger partial charge in [0.25, 0.3) is 0 Å². The van der Waals surface area contributed by atoms with Gasteiger partial charge in [-0.15, -0.1) is 0 Å². The summed E-state index contributed by atoms with van der Waals surface area (Å²) in [5, 5.41) is 9.27. The summed E-state index contributed by atoms with van der Waals surface area (Å²) in [4.78, 5) is 11.5. The second-order valence-electron chi connectivity index (χ2n) is 10.2. The first-order valence-electron chi connectivity index (χ1n) is 15.3. The maximum absolute atomic E-state index is 11.5. The van der Waals surface area contributed by atoms with Crippen LogP contribution in [0.4, 0.5) is 0 Å². The van der Waals surface area contributed by atoms with Crippen molar-refractivity contribution in [2.45, 2.75) is 161 Å². The molecular weight excluding hydrogens is 436 g/mol. The van der Waals surface area contributed by atoms with E-state index in [-0.39, 0.29) is 12.6 Å². The molecule has 4 nitrogen and oxygen atoms in total. The number of rotatable bonds is 28. The van der Waals surface area contributed by atoms with Crippen molar-refractivity contribution in [2.24, 2.45) is 0 Å². The summed E-state index contributed by atoms with van der Waals surface area (Å²) in [5.74, 6) is -0.253. The van der Waals surface area contributed by atoms with E-state index in [9.17, 15) is 9.90 Å². The molecule has 0 rings (SSSR count). The maximum Gasteiger partial charge on any atom is 0.306 e. The second-order valence-corrected chi connectivity index (χ2v) is 10.2. The summed E-state index contributed by atoms with van der Waals surface area (Å²) in [6, 6.07) is 0. The third kappa shape index (κ3) is 27.6. The molecule has 0 aliphatic heterocycles. The molecule has 0 fully saturated rings. The average Bonchev–Trinajstić information content (AvgIpc) is 2.86. The highest BCUT2D eigenvalue weighted by molar-refractivity contribution is 5.69. The van der Waals surface area contributed by atoms with Gasteiger partial charge in [-0.05, 0) is 38.5 Å². The van der Waals surface area contributed by atoms with Crippen LogP contribution in [-0.2, 0) is 14.3 Å². The number of hydrogen-bond acceptors (Lipinski definition) is 4. The first-order valence-corrected chi connectivity index (χ1v) is 15.3. The molecule has 0 amide bonds. The Labute approximate surface area is 218 Å². The molecule has 0 radical (unpaired) electrons. The maximum atomic E-state index is 11.5. The van der Waals surface area contributed by atoms with Crippen molar-refractivity contribution in [3.63, 3.8) is 0 Å². The summed E-state index contributed by atoms with van der Waals surface area (Å²) in [6.45, 7) is 5.01. The van der Waals surface area contributed by atoms with Crippen LogP contribution in [-0.4, -0.2) is 37.0 Å². The van der Waals surface area contributed by atoms with Crippen LogP contribution in [0, 0.1) is 0 Å². The first kappa shape index (κ1) is 34.1. The molecule has 0 aliphatic rings. The number of ether oxygens (including phenoxy) is 2. The van der Waals surface area contributed by atoms with Crippen molar-refractivity contribution >= 4 is 5.97 Å². The SMILES string of the molecule is CCCCCCCCCC/C=C\CCCCCCCCCCCCOCC(CO)OC(=O)CCC. The molecule has 0 heterocycles. The van der Waals surface area contributed by atoms with Crippen molar-refractivity contribution in [3.8, 4) is 0 Å². The molecule has 0 aromatic heterocycles. The number of aliphatic hydroxyl groups is 1. The van der Waals surface area contributed by atoms with E-state index in [4.69, 9.17) is 9.47 Å². The summed E-state index contributed by atoms with van der Waals surface area (Å²) in [6.07, 6.45) is 32.3. The van der Waals surface area contributed by atoms with Gasteiger partial charge < -0.3 is 14.6 Å². The molecule has 4 heteroatoms. The molecule has 0 aliphatic carbocycles. The van der Waals surface area contributed by atoms with Gasteiger partial charge >= 0.3 is 5.97 Å². The molecule has 0 bridgehead atoms. The quantitative estimate of drug-likeness (QED) is 0.0666. The molecular formula is C31H60O4. The van der Waals surface area contributed by atoms with E-state index < -0.39 is 6.10 Å². The van der Waals surface area contributed by atoms with E-state index in [1.165, 1.54) is 122 Å². The van der Waals surface area contributed by atoms with Gasteiger partial charge in [0.05, 0.1) is 13.2 Å². The Hall–Kier alpha value is -0.870. The first-order chi connectivity index (χ1) is 17.2. The Balaban J connectivity index is 3.24. The molecule has 0 spiro atoms. The monoisotopic (exact) mass is 496 g/mol. The number of carbonyl (C=O) groups excluding carboxylic acids is 1. The lowest BCUT2D eigenvalue weighted by Gasteiger charge is -2.15. The lowest BCUT2D eigenvalue weighted by molar-refractivity contribution is -0.154. The van der Waals surface area contributed by atoms with E-state index in [0.29, 0.717) is 19.6 Å². The minimum Gasteiger partial charge on any atom is -0.457 e. The van der Waals surface area contributed by atoms with E-state index in [2.05, 4.69) is 19.1 Å². The van der Waals surface area contributed by atoms with Crippen LogP contribution < -0.4 is 0 Å². The highest BCUT2D eigenvalue weighted by Gasteiger charge is 2.12. The number of hydrogen-bond donors (Lipinski definition) is 1. The number of allylic oxidation sites excluding steroid dienone is 2. The van der Waals surface area contributed by atoms with Gasteiger partial charge in [0.15, 0.2) is 0 Å². The topological polar surface area (TPSA) is 55.8 Å². The third-order valence-electron chi connectivity index (χ3n) is 6.56. The minimum absolute atomic E-state index is 0.175. The van der Waals surface area contributed by atoms with Crippen molar-refractivity contribution in [2.75, 3.05) is 19.8 Å². The zero-order chi connectivity index (χ0) is 25.7. The molecule has 0 saturated heterocycles. The average molecular weight is 497 g/mol. The third-order valence-corrected chi connectivity index (χ3v) is 6.56.